The monoisotopic (exact) mass is 218 g/mol. The van der Waals surface area contributed by atoms with Gasteiger partial charge in [0.15, 0.2) is 15.1 Å². The Kier molecular flexibility index (Phi) is 2.29. The van der Waals surface area contributed by atoms with Gasteiger partial charge in [0, 0.05) is 0 Å². The van der Waals surface area contributed by atoms with E-state index in [1.807, 2.05) is 0 Å². The number of fused-ring (bicyclic) bond motifs is 1. The highest BCUT2D eigenvalue weighted by Gasteiger charge is 2.51. The molecule has 0 radical (unpaired) electrons. The maximum atomic E-state index is 11.6. The van der Waals surface area contributed by atoms with E-state index < -0.39 is 21.1 Å². The highest BCUT2D eigenvalue weighted by molar-refractivity contribution is 7.93. The van der Waals surface area contributed by atoms with Crippen LogP contribution in [-0.4, -0.2) is 30.5 Å². The molecule has 80 valence electrons. The number of sulfone groups is 1. The first-order valence-electron chi connectivity index (χ1n) is 4.97. The third-order valence-electron chi connectivity index (χ3n) is 3.43. The molecule has 2 fully saturated rings. The fourth-order valence-electron chi connectivity index (χ4n) is 2.85. The normalized spacial score (nSPS) is 40.4. The Morgan fingerprint density at radius 2 is 1.86 bits per heavy atom. The summed E-state index contributed by atoms with van der Waals surface area (Å²) in [5.74, 6) is -1.07. The first-order chi connectivity index (χ1) is 6.52. The minimum atomic E-state index is -3.37. The van der Waals surface area contributed by atoms with Crippen LogP contribution in [0.5, 0.6) is 0 Å². The van der Waals surface area contributed by atoms with Gasteiger partial charge in [-0.05, 0) is 24.7 Å². The zero-order valence-electron chi connectivity index (χ0n) is 7.85. The molecule has 0 aromatic carbocycles. The molecule has 14 heavy (non-hydrogen) atoms. The number of hydrogen-bond acceptors (Lipinski definition) is 3. The van der Waals surface area contributed by atoms with Gasteiger partial charge in [0.1, 0.15) is 0 Å². The summed E-state index contributed by atoms with van der Waals surface area (Å²) in [6, 6.07) is 0. The van der Waals surface area contributed by atoms with Crippen LogP contribution < -0.4 is 0 Å². The standard InChI is InChI=1S/C9H14O4S/c10-9(11)8-7-4-2-1-3-6(7)5-14(8,12)13/h6-8H,1-5H2,(H,10,11). The van der Waals surface area contributed by atoms with Crippen LogP contribution >= 0.6 is 0 Å². The smallest absolute Gasteiger partial charge is 0.322 e. The van der Waals surface area contributed by atoms with Gasteiger partial charge in [-0.3, -0.25) is 4.79 Å². The molecule has 3 atom stereocenters. The number of rotatable bonds is 1. The molecule has 1 heterocycles. The van der Waals surface area contributed by atoms with Gasteiger partial charge in [-0.15, -0.1) is 0 Å². The third kappa shape index (κ3) is 1.43. The van der Waals surface area contributed by atoms with E-state index in [1.165, 1.54) is 0 Å². The SMILES string of the molecule is O=C(O)C1C2CCCCC2CS1(=O)=O. The Morgan fingerprint density at radius 1 is 1.21 bits per heavy atom. The molecule has 1 saturated carbocycles. The summed E-state index contributed by atoms with van der Waals surface area (Å²) in [5, 5.41) is 7.79. The minimum Gasteiger partial charge on any atom is -0.480 e. The Bertz CT molecular complexity index is 346. The lowest BCUT2D eigenvalue weighted by atomic mass is 9.79. The molecule has 2 rings (SSSR count). The number of hydrogen-bond donors (Lipinski definition) is 1. The number of carbonyl (C=O) groups is 1. The highest BCUT2D eigenvalue weighted by Crippen LogP contribution is 2.42. The molecule has 2 aliphatic rings. The summed E-state index contributed by atoms with van der Waals surface area (Å²) < 4.78 is 23.2. The molecule has 1 aliphatic carbocycles. The molecule has 1 aliphatic heterocycles. The van der Waals surface area contributed by atoms with Gasteiger partial charge in [0.05, 0.1) is 5.75 Å². The van der Waals surface area contributed by atoms with E-state index in [0.717, 1.165) is 25.7 Å². The van der Waals surface area contributed by atoms with Gasteiger partial charge >= 0.3 is 5.97 Å². The van der Waals surface area contributed by atoms with Gasteiger partial charge in [0.25, 0.3) is 0 Å². The zero-order valence-corrected chi connectivity index (χ0v) is 8.66. The second-order valence-corrected chi connectivity index (χ2v) is 6.46. The lowest BCUT2D eigenvalue weighted by Crippen LogP contribution is -2.33. The fourth-order valence-corrected chi connectivity index (χ4v) is 5.26. The van der Waals surface area contributed by atoms with Crippen LogP contribution in [0, 0.1) is 11.8 Å². The molecular weight excluding hydrogens is 204 g/mol. The molecular formula is C9H14O4S. The van der Waals surface area contributed by atoms with Crippen molar-refractivity contribution in [1.29, 1.82) is 0 Å². The summed E-state index contributed by atoms with van der Waals surface area (Å²) in [6.45, 7) is 0. The average molecular weight is 218 g/mol. The van der Waals surface area contributed by atoms with Crippen LogP contribution in [0.1, 0.15) is 25.7 Å². The van der Waals surface area contributed by atoms with Crippen LogP contribution in [0.2, 0.25) is 0 Å². The number of carboxylic acids is 1. The van der Waals surface area contributed by atoms with Crippen molar-refractivity contribution in [2.45, 2.75) is 30.9 Å². The van der Waals surface area contributed by atoms with Gasteiger partial charge < -0.3 is 5.11 Å². The maximum absolute atomic E-state index is 11.6. The first-order valence-corrected chi connectivity index (χ1v) is 6.68. The quantitative estimate of drug-likeness (QED) is 0.702. The van der Waals surface area contributed by atoms with E-state index in [0.29, 0.717) is 0 Å². The van der Waals surface area contributed by atoms with Crippen molar-refractivity contribution in [2.24, 2.45) is 11.8 Å². The molecule has 0 aromatic rings. The van der Waals surface area contributed by atoms with Crippen molar-refractivity contribution in [1.82, 2.24) is 0 Å². The van der Waals surface area contributed by atoms with E-state index in [4.69, 9.17) is 5.11 Å². The zero-order chi connectivity index (χ0) is 10.3. The molecule has 0 bridgehead atoms. The van der Waals surface area contributed by atoms with Crippen LogP contribution in [-0.2, 0) is 14.6 Å². The second kappa shape index (κ2) is 3.22. The van der Waals surface area contributed by atoms with Crippen molar-refractivity contribution >= 4 is 15.8 Å². The second-order valence-electron chi connectivity index (χ2n) is 4.30. The van der Waals surface area contributed by atoms with E-state index in [9.17, 15) is 13.2 Å². The third-order valence-corrected chi connectivity index (χ3v) is 5.65. The molecule has 1 saturated heterocycles. The number of aliphatic carboxylic acids is 1. The van der Waals surface area contributed by atoms with Crippen molar-refractivity contribution in [3.63, 3.8) is 0 Å². The predicted octanol–water partition coefficient (Wildman–Crippen LogP) is 0.674. The molecule has 0 aromatic heterocycles. The lowest BCUT2D eigenvalue weighted by Gasteiger charge is -2.25. The number of carboxylic acid groups (broad SMARTS) is 1. The van der Waals surface area contributed by atoms with E-state index in [1.54, 1.807) is 0 Å². The molecule has 0 spiro atoms. The molecule has 0 amide bonds. The van der Waals surface area contributed by atoms with E-state index in [-0.39, 0.29) is 17.6 Å². The maximum Gasteiger partial charge on any atom is 0.322 e. The van der Waals surface area contributed by atoms with Gasteiger partial charge in [-0.2, -0.15) is 0 Å². The fraction of sp³-hybridized carbons (Fsp3) is 0.889. The molecule has 5 heteroatoms. The first kappa shape index (κ1) is 9.96. The van der Waals surface area contributed by atoms with Crippen LogP contribution in [0.15, 0.2) is 0 Å². The highest BCUT2D eigenvalue weighted by atomic mass is 32.2. The Hall–Kier alpha value is -0.580. The van der Waals surface area contributed by atoms with Crippen LogP contribution in [0.4, 0.5) is 0 Å². The minimum absolute atomic E-state index is 0.0919. The van der Waals surface area contributed by atoms with Gasteiger partial charge in [-0.1, -0.05) is 12.8 Å². The van der Waals surface area contributed by atoms with E-state index >= 15 is 0 Å². The predicted molar refractivity (Wildman–Crippen MR) is 50.7 cm³/mol. The summed E-state index contributed by atoms with van der Waals surface area (Å²) in [5.41, 5.74) is 0. The average Bonchev–Trinajstić information content (AvgIpc) is 2.33. The van der Waals surface area contributed by atoms with Crippen LogP contribution in [0.3, 0.4) is 0 Å². The Balaban J connectivity index is 2.32. The summed E-state index contributed by atoms with van der Waals surface area (Å²) in [6.07, 6.45) is 3.66. The Labute approximate surface area is 83.2 Å². The molecule has 1 N–H and O–H groups in total. The molecule has 3 unspecified atom stereocenters. The summed E-state index contributed by atoms with van der Waals surface area (Å²) in [4.78, 5) is 10.9. The summed E-state index contributed by atoms with van der Waals surface area (Å²) >= 11 is 0. The topological polar surface area (TPSA) is 71.4 Å². The van der Waals surface area contributed by atoms with Crippen molar-refractivity contribution in [3.8, 4) is 0 Å². The largest absolute Gasteiger partial charge is 0.480 e. The summed E-state index contributed by atoms with van der Waals surface area (Å²) in [7, 11) is -3.37. The van der Waals surface area contributed by atoms with Crippen molar-refractivity contribution in [2.75, 3.05) is 5.75 Å². The lowest BCUT2D eigenvalue weighted by molar-refractivity contribution is -0.137. The van der Waals surface area contributed by atoms with Crippen molar-refractivity contribution < 1.29 is 18.3 Å². The van der Waals surface area contributed by atoms with Crippen molar-refractivity contribution in [3.05, 3.63) is 0 Å². The Morgan fingerprint density at radius 3 is 2.50 bits per heavy atom. The van der Waals surface area contributed by atoms with Crippen LogP contribution in [0.25, 0.3) is 0 Å². The van der Waals surface area contributed by atoms with Gasteiger partial charge in [0.2, 0.25) is 0 Å². The molecule has 4 nitrogen and oxygen atoms in total. The van der Waals surface area contributed by atoms with E-state index in [2.05, 4.69) is 0 Å². The van der Waals surface area contributed by atoms with Gasteiger partial charge in [-0.25, -0.2) is 8.42 Å².